The molecule has 4 aromatic carbocycles. The van der Waals surface area contributed by atoms with Crippen molar-refractivity contribution in [3.63, 3.8) is 0 Å². The number of ether oxygens (including phenoxy) is 4. The standard InChI is InChI=1S/C72H88N4O4S5/c1-7-11-15-19-23-27-39-77-53-35-31-33-51(44-53)66-67(52-34-32-36-54(45-52)78-40-28-24-20-16-12-8-2)74-68-55(38-37-49(5)65(68)73-66)56-46-59-60(82-56)48-62(84-59)64-70-69(75-85-76-70)63(61-47-58-57(83-61)43-50(6)81-58)71(79-41-29-25-21-17-13-9-3)72(64)80-42-30-26-22-18-14-10-4/h31-38,43-48H,7-30,39-42H2,1-6H3. The molecule has 0 saturated carbocycles. The normalized spacial score (nSPS) is 11.8. The van der Waals surface area contributed by atoms with Crippen LogP contribution in [-0.4, -0.2) is 45.1 Å². The average Bonchev–Trinajstić information content (AvgIpc) is 1.96. The van der Waals surface area contributed by atoms with Gasteiger partial charge >= 0.3 is 0 Å². The van der Waals surface area contributed by atoms with Gasteiger partial charge in [0.1, 0.15) is 22.5 Å². The van der Waals surface area contributed by atoms with Crippen molar-refractivity contribution >= 4 is 97.9 Å². The van der Waals surface area contributed by atoms with Crippen LogP contribution >= 0.6 is 57.1 Å². The first-order valence-corrected chi connectivity index (χ1v) is 36.2. The first-order chi connectivity index (χ1) is 41.8. The number of aryl methyl sites for hydroxylation is 2. The van der Waals surface area contributed by atoms with Gasteiger partial charge in [0.25, 0.3) is 0 Å². The summed E-state index contributed by atoms with van der Waals surface area (Å²) < 4.78 is 42.4. The molecule has 0 aliphatic heterocycles. The summed E-state index contributed by atoms with van der Waals surface area (Å²) in [7, 11) is 0. The predicted molar refractivity (Wildman–Crippen MR) is 369 cm³/mol. The summed E-state index contributed by atoms with van der Waals surface area (Å²) in [6.07, 6.45) is 28.9. The number of benzene rings is 4. The molecule has 0 radical (unpaired) electrons. The first kappa shape index (κ1) is 62.6. The summed E-state index contributed by atoms with van der Waals surface area (Å²) in [4.78, 5) is 16.1. The van der Waals surface area contributed by atoms with Crippen molar-refractivity contribution in [3.8, 4) is 76.8 Å². The highest BCUT2D eigenvalue weighted by Crippen LogP contribution is 2.55. The van der Waals surface area contributed by atoms with Crippen LogP contribution < -0.4 is 18.9 Å². The minimum Gasteiger partial charge on any atom is -0.494 e. The number of unbranched alkanes of at least 4 members (excludes halogenated alkanes) is 20. The SMILES string of the molecule is CCCCCCCCOc1cccc(-c2nc3c(C)ccc(-c4cc5sc(-c6c(OCCCCCCCC)c(OCCCCCCCC)c(-c7cc8sc(C)cc8s7)c7nsnc67)cc5s4)c3nc2-c2cccc(OCCCCCCCC)c2)c1. The van der Waals surface area contributed by atoms with Crippen LogP contribution in [0.4, 0.5) is 0 Å². The fourth-order valence-corrected chi connectivity index (χ4v) is 16.8. The fraction of sp³-hybridized carbons (Fsp3) is 0.472. The van der Waals surface area contributed by atoms with E-state index < -0.39 is 0 Å². The Hall–Kier alpha value is -5.44. The van der Waals surface area contributed by atoms with E-state index in [1.165, 1.54) is 151 Å². The second kappa shape index (κ2) is 32.0. The van der Waals surface area contributed by atoms with Crippen molar-refractivity contribution < 1.29 is 18.9 Å². The van der Waals surface area contributed by atoms with E-state index in [4.69, 9.17) is 37.7 Å². The van der Waals surface area contributed by atoms with E-state index in [0.717, 1.165) is 143 Å². The van der Waals surface area contributed by atoms with Gasteiger partial charge in [-0.05, 0) is 93.6 Å². The lowest BCUT2D eigenvalue weighted by Crippen LogP contribution is -2.06. The van der Waals surface area contributed by atoms with Crippen LogP contribution in [0.25, 0.3) is 94.7 Å². The lowest BCUT2D eigenvalue weighted by atomic mass is 10.0. The number of thiophene rings is 4. The fourth-order valence-electron chi connectivity index (χ4n) is 11.5. The van der Waals surface area contributed by atoms with Crippen LogP contribution in [0.15, 0.2) is 84.9 Å². The Balaban J connectivity index is 1.03. The third-order valence-corrected chi connectivity index (χ3v) is 21.3. The van der Waals surface area contributed by atoms with E-state index in [0.29, 0.717) is 26.4 Å². The molecule has 0 unspecified atom stereocenters. The summed E-state index contributed by atoms with van der Waals surface area (Å²) in [5.41, 5.74) is 11.3. The van der Waals surface area contributed by atoms with Gasteiger partial charge in [-0.1, -0.05) is 193 Å². The summed E-state index contributed by atoms with van der Waals surface area (Å²) >= 11 is 8.55. The number of aromatic nitrogens is 4. The number of hydrogen-bond acceptors (Lipinski definition) is 13. The topological polar surface area (TPSA) is 88.5 Å². The lowest BCUT2D eigenvalue weighted by molar-refractivity contribution is 0.260. The van der Waals surface area contributed by atoms with Gasteiger partial charge in [-0.2, -0.15) is 8.75 Å². The minimum atomic E-state index is 0.609. The summed E-state index contributed by atoms with van der Waals surface area (Å²) in [5, 5.41) is 0. The zero-order valence-electron chi connectivity index (χ0n) is 51.3. The molecule has 8 nitrogen and oxygen atoms in total. The molecule has 13 heteroatoms. The molecule has 0 N–H and O–H groups in total. The second-order valence-corrected chi connectivity index (χ2v) is 28.2. The molecule has 0 amide bonds. The van der Waals surface area contributed by atoms with Gasteiger partial charge in [0.05, 0.1) is 71.7 Å². The van der Waals surface area contributed by atoms with Crippen molar-refractivity contribution in [2.75, 3.05) is 26.4 Å². The minimum absolute atomic E-state index is 0.609. The number of rotatable bonds is 37. The van der Waals surface area contributed by atoms with Gasteiger partial charge in [-0.3, -0.25) is 0 Å². The predicted octanol–water partition coefficient (Wildman–Crippen LogP) is 24.1. The van der Waals surface area contributed by atoms with Crippen molar-refractivity contribution in [2.24, 2.45) is 0 Å². The Morgan fingerprint density at radius 3 is 1.24 bits per heavy atom. The monoisotopic (exact) mass is 1230 g/mol. The first-order valence-electron chi connectivity index (χ1n) is 32.3. The Morgan fingerprint density at radius 1 is 0.365 bits per heavy atom. The number of fused-ring (bicyclic) bond motifs is 4. The highest BCUT2D eigenvalue weighted by molar-refractivity contribution is 7.31. The summed E-state index contributed by atoms with van der Waals surface area (Å²) in [5.74, 6) is 3.31. The Kier molecular flexibility index (Phi) is 23.6. The van der Waals surface area contributed by atoms with Crippen LogP contribution in [0.3, 0.4) is 0 Å². The molecular weight excluding hydrogens is 1150 g/mol. The van der Waals surface area contributed by atoms with E-state index in [1.807, 2.05) is 22.7 Å². The van der Waals surface area contributed by atoms with Crippen molar-refractivity contribution in [1.29, 1.82) is 0 Å². The third-order valence-electron chi connectivity index (χ3n) is 16.2. The Bertz CT molecular complexity index is 3650. The molecule has 0 spiro atoms. The summed E-state index contributed by atoms with van der Waals surface area (Å²) in [6, 6.07) is 30.7. The maximum absolute atomic E-state index is 7.16. The Labute approximate surface area is 526 Å². The van der Waals surface area contributed by atoms with Gasteiger partial charge in [0.15, 0.2) is 11.5 Å². The molecule has 10 aromatic rings. The smallest absolute Gasteiger partial charge is 0.172 e. The molecule has 0 aliphatic carbocycles. The van der Waals surface area contributed by atoms with E-state index in [-0.39, 0.29) is 0 Å². The van der Waals surface area contributed by atoms with Gasteiger partial charge in [-0.15, -0.1) is 45.3 Å². The highest BCUT2D eigenvalue weighted by Gasteiger charge is 2.30. The van der Waals surface area contributed by atoms with Crippen LogP contribution in [0.5, 0.6) is 23.0 Å². The molecule has 0 aliphatic rings. The molecule has 10 rings (SSSR count). The van der Waals surface area contributed by atoms with Gasteiger partial charge in [-0.25, -0.2) is 9.97 Å². The molecule has 0 bridgehead atoms. The molecule has 0 fully saturated rings. The molecular formula is C72H88N4O4S5. The molecule has 6 aromatic heterocycles. The van der Waals surface area contributed by atoms with Crippen molar-refractivity contribution in [3.05, 3.63) is 95.4 Å². The van der Waals surface area contributed by atoms with Gasteiger partial charge < -0.3 is 18.9 Å². The third kappa shape index (κ3) is 16.0. The molecule has 450 valence electrons. The van der Waals surface area contributed by atoms with Crippen LogP contribution in [0.2, 0.25) is 0 Å². The van der Waals surface area contributed by atoms with Crippen molar-refractivity contribution in [2.45, 2.75) is 196 Å². The van der Waals surface area contributed by atoms with E-state index >= 15 is 0 Å². The average molecular weight is 1230 g/mol. The zero-order chi connectivity index (χ0) is 58.7. The maximum Gasteiger partial charge on any atom is 0.172 e. The maximum atomic E-state index is 7.16. The number of hydrogen-bond donors (Lipinski definition) is 0. The number of nitrogens with zero attached hydrogens (tertiary/aromatic N) is 4. The van der Waals surface area contributed by atoms with Crippen LogP contribution in [0, 0.1) is 13.8 Å². The van der Waals surface area contributed by atoms with Crippen LogP contribution in [0.1, 0.15) is 192 Å². The lowest BCUT2D eigenvalue weighted by Gasteiger charge is -2.20. The Morgan fingerprint density at radius 2 is 0.765 bits per heavy atom. The second-order valence-electron chi connectivity index (χ2n) is 23.1. The van der Waals surface area contributed by atoms with Gasteiger partial charge in [0.2, 0.25) is 0 Å². The molecule has 0 saturated heterocycles. The van der Waals surface area contributed by atoms with E-state index in [2.05, 4.69) is 126 Å². The summed E-state index contributed by atoms with van der Waals surface area (Å²) in [6.45, 7) is 16.0. The highest BCUT2D eigenvalue weighted by atomic mass is 32.1. The van der Waals surface area contributed by atoms with E-state index in [9.17, 15) is 0 Å². The molecule has 0 atom stereocenters. The molecule has 6 heterocycles. The van der Waals surface area contributed by atoms with Crippen LogP contribution in [-0.2, 0) is 0 Å². The van der Waals surface area contributed by atoms with Gasteiger partial charge in [0, 0.05) is 55.0 Å². The largest absolute Gasteiger partial charge is 0.494 e. The quantitative estimate of drug-likeness (QED) is 0.0356. The molecule has 85 heavy (non-hydrogen) atoms. The van der Waals surface area contributed by atoms with Crippen molar-refractivity contribution in [1.82, 2.24) is 18.7 Å². The zero-order valence-corrected chi connectivity index (χ0v) is 55.4. The van der Waals surface area contributed by atoms with E-state index in [1.54, 1.807) is 22.7 Å².